The molecule has 3 aromatic rings. The second kappa shape index (κ2) is 9.40. The highest BCUT2D eigenvalue weighted by molar-refractivity contribution is 5.85. The normalized spacial score (nSPS) is 20.8. The van der Waals surface area contributed by atoms with E-state index in [1.807, 2.05) is 6.07 Å². The van der Waals surface area contributed by atoms with Gasteiger partial charge in [0.05, 0.1) is 7.11 Å². The number of benzene rings is 3. The second-order valence-electron chi connectivity index (χ2n) is 9.57. The molecular formula is C29H33ClN2O. The standard InChI is InChI=1S/C29H32N2O.ClH/c1-32-24-11-4-7-21(19-24)8-6-17-30-18-16-28-26(20-30)25-12-5-10-23-15-14-22-9-2-3-13-27(22)31(28)29(23)25;/h2-5,7,9-13,19,26,28H,6,8,14-18,20H2,1H3;1H. The first-order chi connectivity index (χ1) is 15.8. The van der Waals surface area contributed by atoms with Crippen molar-refractivity contribution in [2.45, 2.75) is 44.1 Å². The molecule has 1 saturated heterocycles. The van der Waals surface area contributed by atoms with E-state index in [1.54, 1.807) is 12.7 Å². The first kappa shape index (κ1) is 22.3. The average Bonchev–Trinajstić information content (AvgIpc) is 3.07. The zero-order valence-corrected chi connectivity index (χ0v) is 20.2. The molecule has 0 spiro atoms. The zero-order valence-electron chi connectivity index (χ0n) is 19.4. The number of likely N-dealkylation sites (tertiary alicyclic amines) is 1. The SMILES string of the molecule is COc1cccc(CCCN2CCC3C(C2)c2cccc4c2N3c2ccccc2CC4)c1.Cl. The summed E-state index contributed by atoms with van der Waals surface area (Å²) < 4.78 is 5.39. The third-order valence-electron chi connectivity index (χ3n) is 7.77. The molecule has 3 heterocycles. The summed E-state index contributed by atoms with van der Waals surface area (Å²) in [7, 11) is 1.74. The summed E-state index contributed by atoms with van der Waals surface area (Å²) in [4.78, 5) is 5.43. The van der Waals surface area contributed by atoms with Gasteiger partial charge in [0, 0.05) is 36.4 Å². The average molecular weight is 461 g/mol. The molecule has 0 N–H and O–H groups in total. The number of methoxy groups -OCH3 is 1. The number of rotatable bonds is 5. The number of nitrogens with zero attached hydrogens (tertiary/aromatic N) is 2. The van der Waals surface area contributed by atoms with Crippen LogP contribution in [-0.2, 0) is 19.3 Å². The Balaban J connectivity index is 0.00000228. The van der Waals surface area contributed by atoms with Crippen molar-refractivity contribution in [1.29, 1.82) is 0 Å². The van der Waals surface area contributed by atoms with E-state index in [0.29, 0.717) is 12.0 Å². The molecule has 3 aliphatic rings. The molecule has 0 aromatic heterocycles. The number of hydrogen-bond acceptors (Lipinski definition) is 3. The Kier molecular flexibility index (Phi) is 6.36. The summed E-state index contributed by atoms with van der Waals surface area (Å²) in [6.45, 7) is 3.55. The maximum absolute atomic E-state index is 5.39. The van der Waals surface area contributed by atoms with E-state index >= 15 is 0 Å². The maximum atomic E-state index is 5.39. The first-order valence-corrected chi connectivity index (χ1v) is 12.2. The van der Waals surface area contributed by atoms with E-state index in [1.165, 1.54) is 60.5 Å². The fraction of sp³-hybridized carbons (Fsp3) is 0.379. The van der Waals surface area contributed by atoms with Gasteiger partial charge in [-0.15, -0.1) is 12.4 Å². The van der Waals surface area contributed by atoms with Crippen LogP contribution in [0.5, 0.6) is 5.75 Å². The molecule has 6 rings (SSSR count). The fourth-order valence-corrected chi connectivity index (χ4v) is 6.26. The highest BCUT2D eigenvalue weighted by atomic mass is 35.5. The van der Waals surface area contributed by atoms with Gasteiger partial charge in [0.15, 0.2) is 0 Å². The van der Waals surface area contributed by atoms with Crippen molar-refractivity contribution in [1.82, 2.24) is 4.90 Å². The van der Waals surface area contributed by atoms with Crippen LogP contribution in [0.2, 0.25) is 0 Å². The Morgan fingerprint density at radius 2 is 1.76 bits per heavy atom. The monoisotopic (exact) mass is 460 g/mol. The van der Waals surface area contributed by atoms with Crippen molar-refractivity contribution in [3.05, 3.63) is 89.0 Å². The van der Waals surface area contributed by atoms with Gasteiger partial charge in [-0.3, -0.25) is 0 Å². The van der Waals surface area contributed by atoms with E-state index in [4.69, 9.17) is 4.74 Å². The molecule has 33 heavy (non-hydrogen) atoms. The van der Waals surface area contributed by atoms with Crippen molar-refractivity contribution in [3.8, 4) is 5.75 Å². The van der Waals surface area contributed by atoms with E-state index in [9.17, 15) is 0 Å². The van der Waals surface area contributed by atoms with Crippen LogP contribution in [0.15, 0.2) is 66.7 Å². The first-order valence-electron chi connectivity index (χ1n) is 12.2. The fourth-order valence-electron chi connectivity index (χ4n) is 6.26. The van der Waals surface area contributed by atoms with Gasteiger partial charge < -0.3 is 14.5 Å². The highest BCUT2D eigenvalue weighted by Gasteiger charge is 2.44. The molecule has 0 aliphatic carbocycles. The van der Waals surface area contributed by atoms with Crippen LogP contribution in [0.25, 0.3) is 0 Å². The lowest BCUT2D eigenvalue weighted by Gasteiger charge is -2.39. The molecule has 1 fully saturated rings. The Bertz CT molecular complexity index is 1130. The minimum atomic E-state index is 0. The molecule has 2 unspecified atom stereocenters. The number of anilines is 2. The van der Waals surface area contributed by atoms with Gasteiger partial charge in [-0.1, -0.05) is 48.5 Å². The minimum Gasteiger partial charge on any atom is -0.497 e. The summed E-state index contributed by atoms with van der Waals surface area (Å²) in [6, 6.07) is 25.3. The topological polar surface area (TPSA) is 15.7 Å². The Morgan fingerprint density at radius 3 is 2.67 bits per heavy atom. The number of para-hydroxylation sites is 2. The Hall–Kier alpha value is -2.49. The largest absolute Gasteiger partial charge is 0.497 e. The molecule has 4 heteroatoms. The maximum Gasteiger partial charge on any atom is 0.119 e. The van der Waals surface area contributed by atoms with Crippen molar-refractivity contribution < 1.29 is 4.74 Å². The van der Waals surface area contributed by atoms with Gasteiger partial charge in [0.2, 0.25) is 0 Å². The molecule has 2 atom stereocenters. The van der Waals surface area contributed by atoms with Gasteiger partial charge >= 0.3 is 0 Å². The zero-order chi connectivity index (χ0) is 21.5. The lowest BCUT2D eigenvalue weighted by molar-refractivity contribution is 0.195. The van der Waals surface area contributed by atoms with Crippen LogP contribution in [0, 0.1) is 0 Å². The molecule has 172 valence electrons. The van der Waals surface area contributed by atoms with E-state index < -0.39 is 0 Å². The third kappa shape index (κ3) is 4.02. The van der Waals surface area contributed by atoms with Gasteiger partial charge in [-0.05, 0) is 79.1 Å². The molecule has 3 aliphatic heterocycles. The predicted molar refractivity (Wildman–Crippen MR) is 139 cm³/mol. The molecular weight excluding hydrogens is 428 g/mol. The van der Waals surface area contributed by atoms with Crippen LogP contribution in [0.1, 0.15) is 41.0 Å². The van der Waals surface area contributed by atoms with E-state index in [2.05, 4.69) is 70.5 Å². The van der Waals surface area contributed by atoms with Crippen molar-refractivity contribution >= 4 is 23.8 Å². The lowest BCUT2D eigenvalue weighted by atomic mass is 9.87. The van der Waals surface area contributed by atoms with Crippen molar-refractivity contribution in [2.24, 2.45) is 0 Å². The van der Waals surface area contributed by atoms with Crippen LogP contribution >= 0.6 is 12.4 Å². The number of piperidine rings is 1. The molecule has 0 bridgehead atoms. The number of aryl methyl sites for hydroxylation is 3. The second-order valence-corrected chi connectivity index (χ2v) is 9.57. The van der Waals surface area contributed by atoms with E-state index in [-0.39, 0.29) is 12.4 Å². The summed E-state index contributed by atoms with van der Waals surface area (Å²) in [5.74, 6) is 1.57. The smallest absolute Gasteiger partial charge is 0.119 e. The van der Waals surface area contributed by atoms with Gasteiger partial charge in [-0.2, -0.15) is 0 Å². The molecule has 3 nitrogen and oxygen atoms in total. The molecule has 0 radical (unpaired) electrons. The highest BCUT2D eigenvalue weighted by Crippen LogP contribution is 2.52. The van der Waals surface area contributed by atoms with Crippen LogP contribution in [0.3, 0.4) is 0 Å². The van der Waals surface area contributed by atoms with Crippen LogP contribution in [0.4, 0.5) is 11.4 Å². The van der Waals surface area contributed by atoms with Crippen molar-refractivity contribution in [2.75, 3.05) is 31.6 Å². The summed E-state index contributed by atoms with van der Waals surface area (Å²) in [6.07, 6.45) is 5.86. The summed E-state index contributed by atoms with van der Waals surface area (Å²) in [5, 5.41) is 0. The summed E-state index contributed by atoms with van der Waals surface area (Å²) in [5.41, 5.74) is 9.00. The lowest BCUT2D eigenvalue weighted by Crippen LogP contribution is -2.45. The minimum absolute atomic E-state index is 0. The van der Waals surface area contributed by atoms with Crippen molar-refractivity contribution in [3.63, 3.8) is 0 Å². The van der Waals surface area contributed by atoms with Crippen LogP contribution in [-0.4, -0.2) is 37.7 Å². The number of fused-ring (bicyclic) bond motifs is 5. The molecule has 0 amide bonds. The summed E-state index contributed by atoms with van der Waals surface area (Å²) >= 11 is 0. The van der Waals surface area contributed by atoms with E-state index in [0.717, 1.165) is 25.0 Å². The number of ether oxygens (including phenoxy) is 1. The third-order valence-corrected chi connectivity index (χ3v) is 7.77. The predicted octanol–water partition coefficient (Wildman–Crippen LogP) is 6.16. The number of halogens is 1. The van der Waals surface area contributed by atoms with Gasteiger partial charge in [0.1, 0.15) is 5.75 Å². The quantitative estimate of drug-likeness (QED) is 0.453. The Labute approximate surface area is 203 Å². The van der Waals surface area contributed by atoms with Crippen LogP contribution < -0.4 is 9.64 Å². The number of hydrogen-bond donors (Lipinski definition) is 0. The van der Waals surface area contributed by atoms with Gasteiger partial charge in [0.25, 0.3) is 0 Å². The molecule has 3 aromatic carbocycles. The molecule has 0 saturated carbocycles. The Morgan fingerprint density at radius 1 is 0.939 bits per heavy atom. The van der Waals surface area contributed by atoms with Gasteiger partial charge in [-0.25, -0.2) is 0 Å².